The van der Waals surface area contributed by atoms with Crippen LogP contribution in [-0.4, -0.2) is 33.9 Å². The molecule has 2 amide bonds. The molecule has 4 aromatic carbocycles. The summed E-state index contributed by atoms with van der Waals surface area (Å²) in [4.78, 5) is 26.0. The van der Waals surface area contributed by atoms with Gasteiger partial charge in [-0.05, 0) is 66.1 Å². The zero-order chi connectivity index (χ0) is 29.0. The number of halogens is 1. The van der Waals surface area contributed by atoms with Crippen LogP contribution in [0.4, 0.5) is 10.1 Å². The zero-order valence-electron chi connectivity index (χ0n) is 22.0. The number of nitrogens with zero attached hydrogens (tertiary/aromatic N) is 1. The highest BCUT2D eigenvalue weighted by Crippen LogP contribution is 2.34. The number of methoxy groups -OCH3 is 1. The predicted octanol–water partition coefficient (Wildman–Crippen LogP) is 4.24. The summed E-state index contributed by atoms with van der Waals surface area (Å²) >= 11 is 0. The van der Waals surface area contributed by atoms with E-state index in [1.54, 1.807) is 42.5 Å². The first-order chi connectivity index (χ1) is 19.8. The van der Waals surface area contributed by atoms with Crippen LogP contribution in [0.2, 0.25) is 0 Å². The molecule has 0 aromatic heterocycles. The minimum absolute atomic E-state index is 0.0813. The molecular formula is C30H26FN3O6S. The molecule has 2 N–H and O–H groups in total. The smallest absolute Gasteiger partial charge is 0.273 e. The van der Waals surface area contributed by atoms with Crippen molar-refractivity contribution in [3.63, 3.8) is 0 Å². The second-order valence-corrected chi connectivity index (χ2v) is 11.0. The van der Waals surface area contributed by atoms with Gasteiger partial charge in [-0.25, -0.2) is 12.8 Å². The molecule has 0 unspecified atom stereocenters. The lowest BCUT2D eigenvalue weighted by molar-refractivity contribution is 0.0842. The van der Waals surface area contributed by atoms with Crippen LogP contribution in [0.15, 0.2) is 95.9 Å². The van der Waals surface area contributed by atoms with Gasteiger partial charge in [-0.3, -0.25) is 24.7 Å². The van der Waals surface area contributed by atoms with Gasteiger partial charge in [0.2, 0.25) is 0 Å². The summed E-state index contributed by atoms with van der Waals surface area (Å²) < 4.78 is 52.5. The Morgan fingerprint density at radius 2 is 1.54 bits per heavy atom. The first-order valence-electron chi connectivity index (χ1n) is 12.6. The number of carbonyl (C=O) groups excluding carboxylic acids is 2. The van der Waals surface area contributed by atoms with E-state index in [0.29, 0.717) is 17.7 Å². The summed E-state index contributed by atoms with van der Waals surface area (Å²) in [5, 5.41) is 0. The molecular weight excluding hydrogens is 549 g/mol. The number of hydrogen-bond acceptors (Lipinski definition) is 6. The molecule has 0 saturated carbocycles. The van der Waals surface area contributed by atoms with E-state index in [-0.39, 0.29) is 46.5 Å². The van der Waals surface area contributed by atoms with Gasteiger partial charge in [-0.15, -0.1) is 0 Å². The number of fused-ring (bicyclic) bond motifs is 1. The van der Waals surface area contributed by atoms with Gasteiger partial charge in [0.25, 0.3) is 21.8 Å². The number of rotatable bonds is 8. The van der Waals surface area contributed by atoms with E-state index in [1.807, 2.05) is 12.1 Å². The Hall–Kier alpha value is -4.90. The van der Waals surface area contributed by atoms with Gasteiger partial charge in [-0.2, -0.15) is 0 Å². The number of para-hydroxylation sites is 2. The maximum Gasteiger partial charge on any atom is 0.273 e. The number of nitrogens with one attached hydrogen (secondary N) is 2. The minimum Gasteiger partial charge on any atom is -0.496 e. The third-order valence-electron chi connectivity index (χ3n) is 6.58. The van der Waals surface area contributed by atoms with Crippen molar-refractivity contribution in [2.75, 3.05) is 18.0 Å². The van der Waals surface area contributed by atoms with Gasteiger partial charge in [0.15, 0.2) is 0 Å². The second kappa shape index (κ2) is 11.7. The van der Waals surface area contributed by atoms with Crippen molar-refractivity contribution < 1.29 is 31.9 Å². The molecule has 11 heteroatoms. The van der Waals surface area contributed by atoms with E-state index in [1.165, 1.54) is 47.8 Å². The maximum atomic E-state index is 13.5. The molecule has 1 aliphatic heterocycles. The molecule has 0 radical (unpaired) electrons. The average Bonchev–Trinajstić information content (AvgIpc) is 3.44. The van der Waals surface area contributed by atoms with E-state index in [2.05, 4.69) is 10.9 Å². The van der Waals surface area contributed by atoms with Crippen LogP contribution in [-0.2, 0) is 23.1 Å². The van der Waals surface area contributed by atoms with E-state index >= 15 is 0 Å². The van der Waals surface area contributed by atoms with Crippen LogP contribution in [0.1, 0.15) is 31.8 Å². The summed E-state index contributed by atoms with van der Waals surface area (Å²) in [7, 11) is -2.62. The maximum absolute atomic E-state index is 13.5. The SMILES string of the molecule is COc1ccc(S(=O)(=O)N2CCc3ccccc32)cc1C(=O)NNC(=O)c1ccccc1OCc1ccc(F)cc1. The number of ether oxygens (including phenoxy) is 2. The topological polar surface area (TPSA) is 114 Å². The van der Waals surface area contributed by atoms with Crippen molar-refractivity contribution in [3.05, 3.63) is 119 Å². The second-order valence-electron chi connectivity index (χ2n) is 9.14. The first kappa shape index (κ1) is 27.7. The quantitative estimate of drug-likeness (QED) is 0.304. The Balaban J connectivity index is 1.31. The molecule has 0 spiro atoms. The average molecular weight is 576 g/mol. The molecule has 0 bridgehead atoms. The van der Waals surface area contributed by atoms with Gasteiger partial charge in [0, 0.05) is 6.54 Å². The van der Waals surface area contributed by atoms with Gasteiger partial charge in [-0.1, -0.05) is 42.5 Å². The van der Waals surface area contributed by atoms with Gasteiger partial charge in [0.05, 0.1) is 28.8 Å². The number of hydrazine groups is 1. The van der Waals surface area contributed by atoms with Crippen LogP contribution in [0, 0.1) is 5.82 Å². The van der Waals surface area contributed by atoms with Crippen molar-refractivity contribution >= 4 is 27.5 Å². The van der Waals surface area contributed by atoms with Crippen LogP contribution < -0.4 is 24.6 Å². The van der Waals surface area contributed by atoms with Crippen LogP contribution >= 0.6 is 0 Å². The van der Waals surface area contributed by atoms with Gasteiger partial charge in [0.1, 0.15) is 23.9 Å². The number of anilines is 1. The van der Waals surface area contributed by atoms with Crippen molar-refractivity contribution in [1.29, 1.82) is 0 Å². The summed E-state index contributed by atoms with van der Waals surface area (Å²) in [5.41, 5.74) is 6.94. The first-order valence-corrected chi connectivity index (χ1v) is 14.1. The van der Waals surface area contributed by atoms with Crippen LogP contribution in [0.5, 0.6) is 11.5 Å². The minimum atomic E-state index is -3.97. The molecule has 210 valence electrons. The van der Waals surface area contributed by atoms with Gasteiger partial charge >= 0.3 is 0 Å². The van der Waals surface area contributed by atoms with Crippen molar-refractivity contribution in [2.24, 2.45) is 0 Å². The molecule has 41 heavy (non-hydrogen) atoms. The number of carbonyl (C=O) groups is 2. The fourth-order valence-corrected chi connectivity index (χ4v) is 6.01. The standard InChI is InChI=1S/C30H26FN3O6S/c1-39-27-15-14-23(41(37,38)34-17-16-21-6-2-4-8-26(21)34)18-25(27)30(36)33-32-29(35)24-7-3-5-9-28(24)40-19-20-10-12-22(31)13-11-20/h2-15,18H,16-17,19H2,1H3,(H,32,35)(H,33,36). The molecule has 0 saturated heterocycles. The zero-order valence-corrected chi connectivity index (χ0v) is 22.8. The molecule has 0 atom stereocenters. The van der Waals surface area contributed by atoms with E-state index in [0.717, 1.165) is 5.56 Å². The lowest BCUT2D eigenvalue weighted by Gasteiger charge is -2.20. The molecule has 1 heterocycles. The summed E-state index contributed by atoms with van der Waals surface area (Å²) in [6.07, 6.45) is 0.583. The fraction of sp³-hybridized carbons (Fsp3) is 0.133. The summed E-state index contributed by atoms with van der Waals surface area (Å²) in [5.74, 6) is -1.44. The Labute approximate surface area is 236 Å². The summed E-state index contributed by atoms with van der Waals surface area (Å²) in [6, 6.07) is 23.4. The Morgan fingerprint density at radius 3 is 2.29 bits per heavy atom. The molecule has 0 fully saturated rings. The van der Waals surface area contributed by atoms with E-state index in [9.17, 15) is 22.4 Å². The highest BCUT2D eigenvalue weighted by Gasteiger charge is 2.31. The number of hydrogen-bond donors (Lipinski definition) is 2. The third kappa shape index (κ3) is 5.85. The normalized spacial score (nSPS) is 12.4. The van der Waals surface area contributed by atoms with Crippen molar-refractivity contribution in [2.45, 2.75) is 17.9 Å². The fourth-order valence-electron chi connectivity index (χ4n) is 4.48. The molecule has 1 aliphatic rings. The van der Waals surface area contributed by atoms with Gasteiger partial charge < -0.3 is 9.47 Å². The van der Waals surface area contributed by atoms with E-state index < -0.39 is 21.8 Å². The Kier molecular flexibility index (Phi) is 7.88. The number of amides is 2. The van der Waals surface area contributed by atoms with Crippen LogP contribution in [0.3, 0.4) is 0 Å². The monoisotopic (exact) mass is 575 g/mol. The van der Waals surface area contributed by atoms with E-state index in [4.69, 9.17) is 9.47 Å². The lowest BCUT2D eigenvalue weighted by Crippen LogP contribution is -2.42. The van der Waals surface area contributed by atoms with Crippen LogP contribution in [0.25, 0.3) is 0 Å². The highest BCUT2D eigenvalue weighted by atomic mass is 32.2. The predicted molar refractivity (Wildman–Crippen MR) is 150 cm³/mol. The Morgan fingerprint density at radius 1 is 0.854 bits per heavy atom. The number of sulfonamides is 1. The molecule has 5 rings (SSSR count). The lowest BCUT2D eigenvalue weighted by atomic mass is 10.2. The molecule has 0 aliphatic carbocycles. The van der Waals surface area contributed by atoms with Crippen molar-refractivity contribution in [3.8, 4) is 11.5 Å². The molecule has 4 aromatic rings. The summed E-state index contributed by atoms with van der Waals surface area (Å²) in [6.45, 7) is 0.380. The third-order valence-corrected chi connectivity index (χ3v) is 8.39. The Bertz CT molecular complexity index is 1710. The highest BCUT2D eigenvalue weighted by molar-refractivity contribution is 7.92. The number of benzene rings is 4. The molecule has 9 nitrogen and oxygen atoms in total. The van der Waals surface area contributed by atoms with Crippen molar-refractivity contribution in [1.82, 2.24) is 10.9 Å². The largest absolute Gasteiger partial charge is 0.496 e.